The van der Waals surface area contributed by atoms with Crippen molar-refractivity contribution in [2.24, 2.45) is 0 Å². The molecule has 0 radical (unpaired) electrons. The Bertz CT molecular complexity index is 644. The summed E-state index contributed by atoms with van der Waals surface area (Å²) in [5.74, 6) is 1.89. The number of nitrogens with zero attached hydrogens (tertiary/aromatic N) is 3. The van der Waals surface area contributed by atoms with Gasteiger partial charge in [0.15, 0.2) is 5.82 Å². The van der Waals surface area contributed by atoms with Crippen LogP contribution in [0, 0.1) is 6.92 Å². The normalized spacial score (nSPS) is 18.5. The monoisotopic (exact) mass is 323 g/mol. The Kier molecular flexibility index (Phi) is 4.17. The molecule has 0 spiro atoms. The van der Waals surface area contributed by atoms with Crippen molar-refractivity contribution in [3.8, 4) is 0 Å². The van der Waals surface area contributed by atoms with Gasteiger partial charge in [-0.05, 0) is 30.7 Å². The van der Waals surface area contributed by atoms with Gasteiger partial charge in [0, 0.05) is 24.2 Å². The smallest absolute Gasteiger partial charge is 0.240 e. The minimum absolute atomic E-state index is 0.0560. The average molecular weight is 324 g/mol. The number of benzene rings is 1. The molecule has 3 rings (SSSR count). The molecule has 0 bridgehead atoms. The Balaban J connectivity index is 1.62. The van der Waals surface area contributed by atoms with E-state index in [2.05, 4.69) is 10.1 Å². The molecule has 21 heavy (non-hydrogen) atoms. The lowest BCUT2D eigenvalue weighted by Gasteiger charge is -2.16. The SMILES string of the molecule is Cc1nc(CS[C@H]2CCN(c3ccc(Cl)cc3)C2=O)no1. The summed E-state index contributed by atoms with van der Waals surface area (Å²) in [7, 11) is 0. The molecule has 2 heterocycles. The molecule has 110 valence electrons. The Labute approximate surface area is 131 Å². The van der Waals surface area contributed by atoms with Crippen molar-refractivity contribution in [3.05, 3.63) is 41.0 Å². The van der Waals surface area contributed by atoms with Crippen LogP contribution in [0.25, 0.3) is 0 Å². The van der Waals surface area contributed by atoms with E-state index in [9.17, 15) is 4.79 Å². The largest absolute Gasteiger partial charge is 0.340 e. The van der Waals surface area contributed by atoms with Gasteiger partial charge in [0.1, 0.15) is 0 Å². The molecule has 0 unspecified atom stereocenters. The van der Waals surface area contributed by atoms with Gasteiger partial charge in [-0.15, -0.1) is 11.8 Å². The predicted molar refractivity (Wildman–Crippen MR) is 82.5 cm³/mol. The van der Waals surface area contributed by atoms with Crippen molar-refractivity contribution in [3.63, 3.8) is 0 Å². The second kappa shape index (κ2) is 6.07. The van der Waals surface area contributed by atoms with Gasteiger partial charge in [-0.3, -0.25) is 4.79 Å². The molecule has 0 aliphatic carbocycles. The van der Waals surface area contributed by atoms with Gasteiger partial charge >= 0.3 is 0 Å². The first-order valence-corrected chi connectivity index (χ1v) is 8.04. The van der Waals surface area contributed by atoms with Gasteiger partial charge < -0.3 is 9.42 Å². The highest BCUT2D eigenvalue weighted by molar-refractivity contribution is 7.99. The van der Waals surface area contributed by atoms with E-state index >= 15 is 0 Å². The summed E-state index contributed by atoms with van der Waals surface area (Å²) in [6.45, 7) is 2.48. The minimum Gasteiger partial charge on any atom is -0.340 e. The Morgan fingerprint density at radius 2 is 2.19 bits per heavy atom. The Hall–Kier alpha value is -1.53. The lowest BCUT2D eigenvalue weighted by Crippen LogP contribution is -2.28. The fourth-order valence-electron chi connectivity index (χ4n) is 2.26. The zero-order valence-corrected chi connectivity index (χ0v) is 13.0. The summed E-state index contributed by atoms with van der Waals surface area (Å²) in [6, 6.07) is 7.34. The van der Waals surface area contributed by atoms with E-state index in [-0.39, 0.29) is 11.2 Å². The van der Waals surface area contributed by atoms with Crippen LogP contribution in [0.15, 0.2) is 28.8 Å². The van der Waals surface area contributed by atoms with Gasteiger partial charge in [-0.2, -0.15) is 4.98 Å². The van der Waals surface area contributed by atoms with Gasteiger partial charge in [0.2, 0.25) is 11.8 Å². The number of aryl methyl sites for hydroxylation is 1. The fraction of sp³-hybridized carbons (Fsp3) is 0.357. The molecule has 0 N–H and O–H groups in total. The molecular formula is C14H14ClN3O2S. The average Bonchev–Trinajstić information content (AvgIpc) is 3.04. The lowest BCUT2D eigenvalue weighted by molar-refractivity contribution is -0.116. The van der Waals surface area contributed by atoms with Gasteiger partial charge in [-0.25, -0.2) is 0 Å². The van der Waals surface area contributed by atoms with E-state index in [4.69, 9.17) is 16.1 Å². The topological polar surface area (TPSA) is 59.2 Å². The molecule has 1 atom stereocenters. The number of aromatic nitrogens is 2. The Morgan fingerprint density at radius 3 is 2.86 bits per heavy atom. The van der Waals surface area contributed by atoms with E-state index in [0.29, 0.717) is 22.5 Å². The number of hydrogen-bond donors (Lipinski definition) is 0. The minimum atomic E-state index is -0.0560. The summed E-state index contributed by atoms with van der Waals surface area (Å²) >= 11 is 7.43. The highest BCUT2D eigenvalue weighted by atomic mass is 35.5. The van der Waals surface area contributed by atoms with Gasteiger partial charge in [-0.1, -0.05) is 16.8 Å². The maximum Gasteiger partial charge on any atom is 0.240 e. The van der Waals surface area contributed by atoms with Crippen LogP contribution in [-0.2, 0) is 10.5 Å². The second-order valence-electron chi connectivity index (χ2n) is 4.78. The summed E-state index contributed by atoms with van der Waals surface area (Å²) in [4.78, 5) is 18.4. The third-order valence-corrected chi connectivity index (χ3v) is 4.79. The number of carbonyl (C=O) groups is 1. The maximum absolute atomic E-state index is 12.4. The molecule has 0 saturated carbocycles. The van der Waals surface area contributed by atoms with E-state index in [1.165, 1.54) is 0 Å². The van der Waals surface area contributed by atoms with Crippen LogP contribution >= 0.6 is 23.4 Å². The first-order chi connectivity index (χ1) is 10.1. The van der Waals surface area contributed by atoms with E-state index in [0.717, 1.165) is 18.7 Å². The number of anilines is 1. The molecule has 1 saturated heterocycles. The Morgan fingerprint density at radius 1 is 1.43 bits per heavy atom. The quantitative estimate of drug-likeness (QED) is 0.865. The fourth-order valence-corrected chi connectivity index (χ4v) is 3.40. The van der Waals surface area contributed by atoms with Crippen LogP contribution < -0.4 is 4.90 Å². The number of carbonyl (C=O) groups excluding carboxylic acids is 1. The number of rotatable bonds is 4. The number of hydrogen-bond acceptors (Lipinski definition) is 5. The van der Waals surface area contributed by atoms with Crippen LogP contribution in [0.2, 0.25) is 5.02 Å². The highest BCUT2D eigenvalue weighted by Crippen LogP contribution is 2.30. The zero-order chi connectivity index (χ0) is 14.8. The molecule has 1 aromatic carbocycles. The van der Waals surface area contributed by atoms with Crippen molar-refractivity contribution in [2.75, 3.05) is 11.4 Å². The molecular weight excluding hydrogens is 310 g/mol. The molecule has 1 aliphatic rings. The first kappa shape index (κ1) is 14.4. The van der Waals surface area contributed by atoms with Crippen LogP contribution in [0.3, 0.4) is 0 Å². The maximum atomic E-state index is 12.4. The summed E-state index contributed by atoms with van der Waals surface area (Å²) in [5.41, 5.74) is 0.892. The highest BCUT2D eigenvalue weighted by Gasteiger charge is 2.33. The van der Waals surface area contributed by atoms with Crippen molar-refractivity contribution in [2.45, 2.75) is 24.3 Å². The van der Waals surface area contributed by atoms with Crippen LogP contribution in [0.5, 0.6) is 0 Å². The van der Waals surface area contributed by atoms with Crippen molar-refractivity contribution < 1.29 is 9.32 Å². The predicted octanol–water partition coefficient (Wildman–Crippen LogP) is 3.07. The number of thioether (sulfide) groups is 1. The zero-order valence-electron chi connectivity index (χ0n) is 11.5. The van der Waals surface area contributed by atoms with Crippen molar-refractivity contribution >= 4 is 35.0 Å². The molecule has 5 nitrogen and oxygen atoms in total. The summed E-state index contributed by atoms with van der Waals surface area (Å²) in [5, 5.41) is 4.46. The van der Waals surface area contributed by atoms with E-state index in [1.54, 1.807) is 35.7 Å². The number of halogens is 1. The van der Waals surface area contributed by atoms with Gasteiger partial charge in [0.05, 0.1) is 11.0 Å². The van der Waals surface area contributed by atoms with Crippen molar-refractivity contribution in [1.82, 2.24) is 10.1 Å². The molecule has 1 aliphatic heterocycles. The third-order valence-electron chi connectivity index (χ3n) is 3.28. The summed E-state index contributed by atoms with van der Waals surface area (Å²) < 4.78 is 4.93. The van der Waals surface area contributed by atoms with E-state index < -0.39 is 0 Å². The third kappa shape index (κ3) is 3.22. The second-order valence-corrected chi connectivity index (χ2v) is 6.41. The molecule has 1 fully saturated rings. The standard InChI is InChI=1S/C14H14ClN3O2S/c1-9-16-13(17-20-9)8-21-12-6-7-18(14(12)19)11-4-2-10(15)3-5-11/h2-5,12H,6-8H2,1H3/t12-/m0/s1. The molecule has 1 aromatic heterocycles. The van der Waals surface area contributed by atoms with Crippen LogP contribution in [0.4, 0.5) is 5.69 Å². The molecule has 2 aromatic rings. The lowest BCUT2D eigenvalue weighted by atomic mass is 10.3. The van der Waals surface area contributed by atoms with Gasteiger partial charge in [0.25, 0.3) is 0 Å². The summed E-state index contributed by atoms with van der Waals surface area (Å²) in [6.07, 6.45) is 0.822. The molecule has 7 heteroatoms. The van der Waals surface area contributed by atoms with Crippen LogP contribution in [-0.4, -0.2) is 27.8 Å². The van der Waals surface area contributed by atoms with E-state index in [1.807, 2.05) is 12.1 Å². The van der Waals surface area contributed by atoms with Crippen molar-refractivity contribution in [1.29, 1.82) is 0 Å². The number of amides is 1. The molecule has 1 amide bonds. The van der Waals surface area contributed by atoms with Crippen LogP contribution in [0.1, 0.15) is 18.1 Å². The first-order valence-electron chi connectivity index (χ1n) is 6.61.